The molecule has 1 N–H and O–H groups in total. The summed E-state index contributed by atoms with van der Waals surface area (Å²) in [5, 5.41) is 7.58. The summed E-state index contributed by atoms with van der Waals surface area (Å²) in [6.45, 7) is 2.27. The van der Waals surface area contributed by atoms with E-state index in [9.17, 15) is 4.79 Å². The van der Waals surface area contributed by atoms with Crippen LogP contribution in [0.4, 0.5) is 5.69 Å². The Kier molecular flexibility index (Phi) is 3.63. The second-order valence-electron chi connectivity index (χ2n) is 4.65. The lowest BCUT2D eigenvalue weighted by atomic mass is 9.75. The van der Waals surface area contributed by atoms with Crippen molar-refractivity contribution >= 4 is 17.3 Å². The highest BCUT2D eigenvalue weighted by Crippen LogP contribution is 2.38. The molecule has 1 heterocycles. The molecule has 0 aromatic carbocycles. The fourth-order valence-electron chi connectivity index (χ4n) is 2.22. The minimum atomic E-state index is -0.250. The van der Waals surface area contributed by atoms with Gasteiger partial charge >= 0.3 is 0 Å². The van der Waals surface area contributed by atoms with Gasteiger partial charge in [-0.1, -0.05) is 24.4 Å². The van der Waals surface area contributed by atoms with Gasteiger partial charge in [0, 0.05) is 5.54 Å². The van der Waals surface area contributed by atoms with Crippen LogP contribution in [-0.4, -0.2) is 15.3 Å². The molecule has 96 valence electrons. The summed E-state index contributed by atoms with van der Waals surface area (Å²) < 4.78 is 1.25. The summed E-state index contributed by atoms with van der Waals surface area (Å²) in [5.41, 5.74) is 0.182. The molecule has 0 radical (unpaired) electrons. The summed E-state index contributed by atoms with van der Waals surface area (Å²) in [6, 6.07) is 0. The number of rotatable bonds is 4. The Balaban J connectivity index is 2.35. The van der Waals surface area contributed by atoms with Crippen molar-refractivity contribution in [3.8, 4) is 12.3 Å². The number of terminal acetylenes is 1. The maximum Gasteiger partial charge on any atom is 0.292 e. The van der Waals surface area contributed by atoms with E-state index in [1.807, 2.05) is 0 Å². The van der Waals surface area contributed by atoms with Gasteiger partial charge in [0.15, 0.2) is 0 Å². The van der Waals surface area contributed by atoms with Crippen LogP contribution in [0, 0.1) is 12.3 Å². The van der Waals surface area contributed by atoms with Crippen LogP contribution in [0.25, 0.3) is 0 Å². The van der Waals surface area contributed by atoms with Gasteiger partial charge in [-0.25, -0.2) is 4.68 Å². The van der Waals surface area contributed by atoms with Gasteiger partial charge in [-0.3, -0.25) is 4.79 Å². The number of halogens is 1. The second kappa shape index (κ2) is 5.03. The Morgan fingerprint density at radius 2 is 2.39 bits per heavy atom. The number of hydrogen-bond acceptors (Lipinski definition) is 3. The maximum absolute atomic E-state index is 12.2. The van der Waals surface area contributed by atoms with Crippen LogP contribution in [-0.2, 0) is 6.54 Å². The smallest absolute Gasteiger partial charge is 0.292 e. The summed E-state index contributed by atoms with van der Waals surface area (Å²) in [6.07, 6.45) is 11.0. The van der Waals surface area contributed by atoms with Crippen molar-refractivity contribution in [2.24, 2.45) is 0 Å². The fraction of sp³-hybridized carbons (Fsp3) is 0.538. The first kappa shape index (κ1) is 13.0. The molecular weight excluding hydrogens is 250 g/mol. The molecule has 18 heavy (non-hydrogen) atoms. The molecule has 1 saturated carbocycles. The maximum atomic E-state index is 12.2. The van der Waals surface area contributed by atoms with Crippen molar-refractivity contribution in [1.29, 1.82) is 0 Å². The number of nitrogens with one attached hydrogen (secondary N) is 1. The van der Waals surface area contributed by atoms with Crippen molar-refractivity contribution in [1.82, 2.24) is 9.78 Å². The lowest BCUT2D eigenvalue weighted by Crippen LogP contribution is -2.46. The lowest BCUT2D eigenvalue weighted by Gasteiger charge is -2.42. The van der Waals surface area contributed by atoms with Crippen LogP contribution < -0.4 is 10.9 Å². The number of nitrogens with zero attached hydrogens (tertiary/aromatic N) is 2. The molecule has 1 aliphatic carbocycles. The zero-order chi connectivity index (χ0) is 13.2. The van der Waals surface area contributed by atoms with Crippen molar-refractivity contribution in [2.75, 3.05) is 5.32 Å². The third-order valence-corrected chi connectivity index (χ3v) is 3.90. The molecule has 1 aromatic heterocycles. The third kappa shape index (κ3) is 2.23. The Morgan fingerprint density at radius 1 is 1.67 bits per heavy atom. The zero-order valence-electron chi connectivity index (χ0n) is 10.4. The van der Waals surface area contributed by atoms with E-state index in [1.54, 1.807) is 0 Å². The normalized spacial score (nSPS) is 16.7. The van der Waals surface area contributed by atoms with Crippen LogP contribution in [0.3, 0.4) is 0 Å². The molecule has 2 rings (SSSR count). The van der Waals surface area contributed by atoms with Gasteiger partial charge in [-0.05, 0) is 25.7 Å². The Labute approximate surface area is 111 Å². The summed E-state index contributed by atoms with van der Waals surface area (Å²) in [4.78, 5) is 12.2. The van der Waals surface area contributed by atoms with Crippen LogP contribution in [0.1, 0.15) is 32.6 Å². The third-order valence-electron chi connectivity index (χ3n) is 3.62. The Hall–Kier alpha value is -1.47. The van der Waals surface area contributed by atoms with Crippen molar-refractivity contribution in [3.05, 3.63) is 21.6 Å². The van der Waals surface area contributed by atoms with Gasteiger partial charge in [-0.15, -0.1) is 6.42 Å². The van der Waals surface area contributed by atoms with Crippen molar-refractivity contribution in [2.45, 2.75) is 44.7 Å². The highest BCUT2D eigenvalue weighted by molar-refractivity contribution is 6.33. The van der Waals surface area contributed by atoms with E-state index in [2.05, 4.69) is 23.3 Å². The molecular formula is C13H16ClN3O. The molecule has 0 saturated heterocycles. The first-order valence-corrected chi connectivity index (χ1v) is 6.47. The van der Waals surface area contributed by atoms with E-state index >= 15 is 0 Å². The summed E-state index contributed by atoms with van der Waals surface area (Å²) in [5.74, 6) is 2.41. The van der Waals surface area contributed by atoms with Gasteiger partial charge in [0.2, 0.25) is 0 Å². The molecule has 4 nitrogen and oxygen atoms in total. The van der Waals surface area contributed by atoms with E-state index < -0.39 is 0 Å². The zero-order valence-corrected chi connectivity index (χ0v) is 11.1. The first-order chi connectivity index (χ1) is 8.62. The predicted molar refractivity (Wildman–Crippen MR) is 72.8 cm³/mol. The molecule has 0 amide bonds. The number of anilines is 1. The van der Waals surface area contributed by atoms with Gasteiger partial charge in [-0.2, -0.15) is 5.10 Å². The average Bonchev–Trinajstić information content (AvgIpc) is 2.31. The molecule has 0 bridgehead atoms. The monoisotopic (exact) mass is 265 g/mol. The topological polar surface area (TPSA) is 46.9 Å². The number of aromatic nitrogens is 2. The minimum absolute atomic E-state index is 0.0120. The van der Waals surface area contributed by atoms with Crippen LogP contribution in [0.5, 0.6) is 0 Å². The van der Waals surface area contributed by atoms with Crippen LogP contribution >= 0.6 is 11.6 Å². The molecule has 0 spiro atoms. The summed E-state index contributed by atoms with van der Waals surface area (Å²) >= 11 is 6.06. The van der Waals surface area contributed by atoms with E-state index in [1.165, 1.54) is 17.3 Å². The highest BCUT2D eigenvalue weighted by Gasteiger charge is 2.36. The molecule has 1 fully saturated rings. The van der Waals surface area contributed by atoms with E-state index in [-0.39, 0.29) is 17.6 Å². The molecule has 1 aliphatic rings. The molecule has 0 aliphatic heterocycles. The Morgan fingerprint density at radius 3 is 2.89 bits per heavy atom. The van der Waals surface area contributed by atoms with Gasteiger partial charge < -0.3 is 5.32 Å². The molecule has 1 aromatic rings. The van der Waals surface area contributed by atoms with E-state index in [0.717, 1.165) is 19.3 Å². The largest absolute Gasteiger partial charge is 0.374 e. The fourth-order valence-corrected chi connectivity index (χ4v) is 2.39. The molecule has 5 heteroatoms. The SMILES string of the molecule is C#CCn1ncc(Cl)c(NC2(CC)CCC2)c1=O. The van der Waals surface area contributed by atoms with Gasteiger partial charge in [0.25, 0.3) is 5.56 Å². The first-order valence-electron chi connectivity index (χ1n) is 6.09. The van der Waals surface area contributed by atoms with Gasteiger partial charge in [0.1, 0.15) is 12.2 Å². The summed E-state index contributed by atoms with van der Waals surface area (Å²) in [7, 11) is 0. The van der Waals surface area contributed by atoms with E-state index in [0.29, 0.717) is 10.7 Å². The van der Waals surface area contributed by atoms with Crippen LogP contribution in [0.2, 0.25) is 5.02 Å². The minimum Gasteiger partial charge on any atom is -0.374 e. The van der Waals surface area contributed by atoms with Crippen molar-refractivity contribution < 1.29 is 0 Å². The standard InChI is InChI=1S/C13H16ClN3O/c1-3-8-17-12(18)11(10(14)9-15-17)16-13(4-2)6-5-7-13/h1,9,16H,4-8H2,2H3. The second-order valence-corrected chi connectivity index (χ2v) is 5.05. The van der Waals surface area contributed by atoms with E-state index in [4.69, 9.17) is 18.0 Å². The van der Waals surface area contributed by atoms with Crippen LogP contribution in [0.15, 0.2) is 11.0 Å². The van der Waals surface area contributed by atoms with Gasteiger partial charge in [0.05, 0.1) is 11.2 Å². The molecule has 0 unspecified atom stereocenters. The lowest BCUT2D eigenvalue weighted by molar-refractivity contribution is 0.269. The average molecular weight is 266 g/mol. The van der Waals surface area contributed by atoms with Crippen molar-refractivity contribution in [3.63, 3.8) is 0 Å². The molecule has 0 atom stereocenters. The predicted octanol–water partition coefficient (Wildman–Crippen LogP) is 2.27. The quantitative estimate of drug-likeness (QED) is 0.850. The number of hydrogen-bond donors (Lipinski definition) is 1. The highest BCUT2D eigenvalue weighted by atomic mass is 35.5. The Bertz CT molecular complexity index is 535.